The Morgan fingerprint density at radius 1 is 1.31 bits per heavy atom. The lowest BCUT2D eigenvalue weighted by Crippen LogP contribution is -2.34. The smallest absolute Gasteiger partial charge is 0.337 e. The third kappa shape index (κ3) is 2.90. The average molecular weight is 350 g/mol. The molecule has 0 saturated heterocycles. The Hall–Kier alpha value is -3.28. The van der Waals surface area contributed by atoms with Crippen molar-refractivity contribution in [3.05, 3.63) is 65.3 Å². The van der Waals surface area contributed by atoms with E-state index >= 15 is 0 Å². The predicted octanol–water partition coefficient (Wildman–Crippen LogP) is 3.15. The maximum atomic E-state index is 12.5. The molecule has 0 radical (unpaired) electrons. The molecule has 26 heavy (non-hydrogen) atoms. The van der Waals surface area contributed by atoms with Crippen LogP contribution in [0.25, 0.3) is 17.0 Å². The van der Waals surface area contributed by atoms with Crippen LogP contribution in [0.2, 0.25) is 0 Å². The van der Waals surface area contributed by atoms with Crippen molar-refractivity contribution in [1.82, 2.24) is 9.88 Å². The van der Waals surface area contributed by atoms with Gasteiger partial charge < -0.3 is 19.0 Å². The number of hydrogen-bond acceptors (Lipinski definition) is 4. The first kappa shape index (κ1) is 16.2. The summed E-state index contributed by atoms with van der Waals surface area (Å²) in [5, 5.41) is 0.954. The van der Waals surface area contributed by atoms with Crippen molar-refractivity contribution in [2.75, 3.05) is 13.7 Å². The van der Waals surface area contributed by atoms with Crippen LogP contribution < -0.4 is 0 Å². The molecule has 0 fully saturated rings. The third-order valence-electron chi connectivity index (χ3n) is 4.64. The van der Waals surface area contributed by atoms with Crippen LogP contribution in [0.4, 0.5) is 0 Å². The molecular weight excluding hydrogens is 332 g/mol. The number of aromatic nitrogens is 1. The topological polar surface area (TPSA) is 75.5 Å². The first-order chi connectivity index (χ1) is 12.7. The molecule has 1 aromatic carbocycles. The molecule has 2 aromatic heterocycles. The highest BCUT2D eigenvalue weighted by molar-refractivity contribution is 5.97. The number of carbonyl (C=O) groups is 2. The van der Waals surface area contributed by atoms with Crippen molar-refractivity contribution in [1.29, 1.82) is 0 Å². The fraction of sp³-hybridized carbons (Fsp3) is 0.200. The zero-order chi connectivity index (χ0) is 18.1. The Bertz CT molecular complexity index is 998. The zero-order valence-corrected chi connectivity index (χ0v) is 14.3. The molecule has 3 heterocycles. The first-order valence-electron chi connectivity index (χ1n) is 8.38. The van der Waals surface area contributed by atoms with Crippen LogP contribution in [0, 0.1) is 0 Å². The fourth-order valence-corrected chi connectivity index (χ4v) is 3.29. The summed E-state index contributed by atoms with van der Waals surface area (Å²) >= 11 is 0. The summed E-state index contributed by atoms with van der Waals surface area (Å²) in [5.74, 6) is 0.211. The van der Waals surface area contributed by atoms with Gasteiger partial charge in [0.25, 0.3) is 0 Å². The van der Waals surface area contributed by atoms with Gasteiger partial charge in [0.15, 0.2) is 0 Å². The van der Waals surface area contributed by atoms with Crippen LogP contribution in [-0.4, -0.2) is 35.4 Å². The number of carbonyl (C=O) groups excluding carboxylic acids is 2. The molecule has 4 rings (SSSR count). The van der Waals surface area contributed by atoms with Gasteiger partial charge in [-0.1, -0.05) is 0 Å². The number of hydrogen-bond donors (Lipinski definition) is 1. The maximum Gasteiger partial charge on any atom is 0.337 e. The van der Waals surface area contributed by atoms with E-state index in [4.69, 9.17) is 9.15 Å². The number of furan rings is 1. The number of nitrogens with zero attached hydrogens (tertiary/aromatic N) is 1. The van der Waals surface area contributed by atoms with Gasteiger partial charge in [0.1, 0.15) is 5.76 Å². The number of rotatable bonds is 3. The summed E-state index contributed by atoms with van der Waals surface area (Å²) in [6, 6.07) is 9.02. The standard InChI is InChI=1S/C20H18N2O4/c1-25-20(24)13-4-6-17-15(11-13)16-12-22(9-8-18(16)21-17)19(23)7-5-14-3-2-10-26-14/h2-7,10-11,21H,8-9,12H2,1H3/b7-5+. The van der Waals surface area contributed by atoms with E-state index in [1.807, 2.05) is 12.1 Å². The van der Waals surface area contributed by atoms with Crippen molar-refractivity contribution < 1.29 is 18.7 Å². The molecule has 0 bridgehead atoms. The number of esters is 1. The van der Waals surface area contributed by atoms with Gasteiger partial charge in [-0.25, -0.2) is 4.79 Å². The Labute approximate surface area is 150 Å². The van der Waals surface area contributed by atoms with Crippen LogP contribution in [0.15, 0.2) is 47.1 Å². The second-order valence-corrected chi connectivity index (χ2v) is 6.19. The molecular formula is C20H18N2O4. The van der Waals surface area contributed by atoms with Crippen molar-refractivity contribution in [3.8, 4) is 0 Å². The highest BCUT2D eigenvalue weighted by Crippen LogP contribution is 2.29. The minimum absolute atomic E-state index is 0.0643. The number of benzene rings is 1. The van der Waals surface area contributed by atoms with Crippen LogP contribution in [0.3, 0.4) is 0 Å². The molecule has 6 heteroatoms. The van der Waals surface area contributed by atoms with Gasteiger partial charge in [-0.05, 0) is 36.4 Å². The quantitative estimate of drug-likeness (QED) is 0.582. The van der Waals surface area contributed by atoms with E-state index in [0.717, 1.165) is 28.6 Å². The minimum Gasteiger partial charge on any atom is -0.465 e. The first-order valence-corrected chi connectivity index (χ1v) is 8.38. The van der Waals surface area contributed by atoms with E-state index in [9.17, 15) is 9.59 Å². The van der Waals surface area contributed by atoms with Crippen molar-refractivity contribution in [2.24, 2.45) is 0 Å². The van der Waals surface area contributed by atoms with Gasteiger partial charge in [-0.15, -0.1) is 0 Å². The number of methoxy groups -OCH3 is 1. The number of amides is 1. The van der Waals surface area contributed by atoms with E-state index in [1.54, 1.807) is 35.4 Å². The Morgan fingerprint density at radius 3 is 2.96 bits per heavy atom. The highest BCUT2D eigenvalue weighted by atomic mass is 16.5. The van der Waals surface area contributed by atoms with Gasteiger partial charge in [0.2, 0.25) is 5.91 Å². The zero-order valence-electron chi connectivity index (χ0n) is 14.3. The molecule has 1 aliphatic rings. The van der Waals surface area contributed by atoms with E-state index in [0.29, 0.717) is 24.4 Å². The molecule has 0 atom stereocenters. The minimum atomic E-state index is -0.369. The monoisotopic (exact) mass is 350 g/mol. The average Bonchev–Trinajstić information content (AvgIpc) is 3.31. The Balaban J connectivity index is 1.60. The largest absolute Gasteiger partial charge is 0.465 e. The summed E-state index contributed by atoms with van der Waals surface area (Å²) < 4.78 is 10.0. The van der Waals surface area contributed by atoms with Crippen LogP contribution >= 0.6 is 0 Å². The summed E-state index contributed by atoms with van der Waals surface area (Å²) in [7, 11) is 1.37. The summed E-state index contributed by atoms with van der Waals surface area (Å²) in [6.07, 6.45) is 5.51. The molecule has 6 nitrogen and oxygen atoms in total. The van der Waals surface area contributed by atoms with E-state index < -0.39 is 0 Å². The summed E-state index contributed by atoms with van der Waals surface area (Å²) in [4.78, 5) is 29.5. The van der Waals surface area contributed by atoms with E-state index in [2.05, 4.69) is 4.98 Å². The van der Waals surface area contributed by atoms with E-state index in [1.165, 1.54) is 13.2 Å². The third-order valence-corrected chi connectivity index (χ3v) is 4.64. The van der Waals surface area contributed by atoms with Gasteiger partial charge in [0, 0.05) is 47.7 Å². The number of ether oxygens (including phenoxy) is 1. The van der Waals surface area contributed by atoms with Crippen LogP contribution in [-0.2, 0) is 22.5 Å². The van der Waals surface area contributed by atoms with Crippen molar-refractivity contribution in [3.63, 3.8) is 0 Å². The number of aromatic amines is 1. The molecule has 0 unspecified atom stereocenters. The molecule has 1 aliphatic heterocycles. The molecule has 0 aliphatic carbocycles. The molecule has 1 amide bonds. The number of fused-ring (bicyclic) bond motifs is 3. The molecule has 1 N–H and O–H groups in total. The van der Waals surface area contributed by atoms with E-state index in [-0.39, 0.29) is 11.9 Å². The van der Waals surface area contributed by atoms with Crippen LogP contribution in [0.5, 0.6) is 0 Å². The van der Waals surface area contributed by atoms with Crippen molar-refractivity contribution >= 4 is 28.9 Å². The maximum absolute atomic E-state index is 12.5. The lowest BCUT2D eigenvalue weighted by Gasteiger charge is -2.26. The molecule has 132 valence electrons. The molecule has 3 aromatic rings. The molecule has 0 saturated carbocycles. The van der Waals surface area contributed by atoms with Gasteiger partial charge in [0.05, 0.1) is 18.9 Å². The highest BCUT2D eigenvalue weighted by Gasteiger charge is 2.23. The SMILES string of the molecule is COC(=O)c1ccc2[nH]c3c(c2c1)CN(C(=O)/C=C/c1ccco1)CC3. The predicted molar refractivity (Wildman–Crippen MR) is 96.5 cm³/mol. The van der Waals surface area contributed by atoms with Gasteiger partial charge in [-0.3, -0.25) is 4.79 Å². The second-order valence-electron chi connectivity index (χ2n) is 6.19. The lowest BCUT2D eigenvalue weighted by atomic mass is 10.0. The normalized spacial score (nSPS) is 14.0. The van der Waals surface area contributed by atoms with Gasteiger partial charge in [-0.2, -0.15) is 0 Å². The molecule has 0 spiro atoms. The van der Waals surface area contributed by atoms with Crippen LogP contribution in [0.1, 0.15) is 27.4 Å². The number of nitrogens with one attached hydrogen (secondary N) is 1. The Kier molecular flexibility index (Phi) is 4.08. The lowest BCUT2D eigenvalue weighted by molar-refractivity contribution is -0.126. The van der Waals surface area contributed by atoms with Gasteiger partial charge >= 0.3 is 5.97 Å². The Morgan fingerprint density at radius 2 is 2.19 bits per heavy atom. The summed E-state index contributed by atoms with van der Waals surface area (Å²) in [5.41, 5.74) is 3.63. The second kappa shape index (κ2) is 6.55. The van der Waals surface area contributed by atoms with Crippen molar-refractivity contribution in [2.45, 2.75) is 13.0 Å². The number of H-pyrrole nitrogens is 1. The summed E-state index contributed by atoms with van der Waals surface area (Å²) in [6.45, 7) is 1.15. The fourth-order valence-electron chi connectivity index (χ4n) is 3.29.